The quantitative estimate of drug-likeness (QED) is 0.812. The maximum Gasteiger partial charge on any atom is 0.320 e. The number of nitrogens with two attached hydrogens (primary N) is 1. The molecule has 0 aromatic carbocycles. The Balaban J connectivity index is 0.00000144. The van der Waals surface area contributed by atoms with Crippen LogP contribution in [0.5, 0.6) is 0 Å². The van der Waals surface area contributed by atoms with Gasteiger partial charge in [0.05, 0.1) is 0 Å². The first-order valence-electron chi connectivity index (χ1n) is 3.63. The summed E-state index contributed by atoms with van der Waals surface area (Å²) in [6, 6.07) is 3.11. The average molecular weight is 222 g/mol. The summed E-state index contributed by atoms with van der Waals surface area (Å²) >= 11 is 1.59. The highest BCUT2D eigenvalue weighted by atomic mass is 35.5. The number of carbonyl (C=O) groups is 1. The third-order valence-corrected chi connectivity index (χ3v) is 2.56. The Labute approximate surface area is 87.0 Å². The second-order valence-electron chi connectivity index (χ2n) is 2.66. The van der Waals surface area contributed by atoms with E-state index in [1.165, 1.54) is 4.88 Å². The largest absolute Gasteiger partial charge is 0.480 e. The van der Waals surface area contributed by atoms with Crippen LogP contribution in [0.4, 0.5) is 0 Å². The predicted octanol–water partition coefficient (Wildman–Crippen LogP) is 1.43. The van der Waals surface area contributed by atoms with Crippen molar-refractivity contribution in [1.29, 1.82) is 0 Å². The molecule has 1 aromatic rings. The minimum Gasteiger partial charge on any atom is -0.480 e. The lowest BCUT2D eigenvalue weighted by molar-refractivity contribution is -0.138. The Morgan fingerprint density at radius 2 is 2.31 bits per heavy atom. The molecule has 0 aliphatic rings. The van der Waals surface area contributed by atoms with Gasteiger partial charge in [0.2, 0.25) is 0 Å². The minimum absolute atomic E-state index is 0. The fourth-order valence-electron chi connectivity index (χ4n) is 0.899. The zero-order chi connectivity index (χ0) is 9.14. The van der Waals surface area contributed by atoms with E-state index in [9.17, 15) is 4.79 Å². The Morgan fingerprint density at radius 1 is 1.69 bits per heavy atom. The summed E-state index contributed by atoms with van der Waals surface area (Å²) in [4.78, 5) is 12.6. The SMILES string of the molecule is Cc1ccc(CC(N)C(=O)O)s1.Cl. The second-order valence-corrected chi connectivity index (χ2v) is 4.03. The second kappa shape index (κ2) is 5.21. The zero-order valence-electron chi connectivity index (χ0n) is 7.19. The molecule has 1 aromatic heterocycles. The summed E-state index contributed by atoms with van der Waals surface area (Å²) < 4.78 is 0. The molecule has 0 saturated heterocycles. The number of hydrogen-bond donors (Lipinski definition) is 2. The van der Waals surface area contributed by atoms with Crippen LogP contribution in [0.1, 0.15) is 9.75 Å². The van der Waals surface area contributed by atoms with Gasteiger partial charge in [0, 0.05) is 16.2 Å². The summed E-state index contributed by atoms with van der Waals surface area (Å²) in [5.74, 6) is -0.943. The molecule has 1 rings (SSSR count). The summed E-state index contributed by atoms with van der Waals surface area (Å²) in [6.45, 7) is 1.99. The molecule has 0 bridgehead atoms. The molecule has 1 heterocycles. The van der Waals surface area contributed by atoms with Crippen molar-refractivity contribution in [3.05, 3.63) is 21.9 Å². The van der Waals surface area contributed by atoms with Crippen molar-refractivity contribution in [1.82, 2.24) is 0 Å². The Hall–Kier alpha value is -0.580. The highest BCUT2D eigenvalue weighted by molar-refractivity contribution is 7.11. The van der Waals surface area contributed by atoms with Gasteiger partial charge in [-0.1, -0.05) is 0 Å². The molecule has 0 amide bonds. The Kier molecular flexibility index (Phi) is 4.98. The Bertz CT molecular complexity index is 287. The average Bonchev–Trinajstić information content (AvgIpc) is 2.35. The van der Waals surface area contributed by atoms with Crippen molar-refractivity contribution in [3.63, 3.8) is 0 Å². The molecule has 1 unspecified atom stereocenters. The molecule has 5 heteroatoms. The molecule has 13 heavy (non-hydrogen) atoms. The molecular weight excluding hydrogens is 210 g/mol. The van der Waals surface area contributed by atoms with Crippen molar-refractivity contribution in [2.24, 2.45) is 5.73 Å². The van der Waals surface area contributed by atoms with E-state index >= 15 is 0 Å². The minimum atomic E-state index is -0.943. The molecule has 0 saturated carbocycles. The maximum absolute atomic E-state index is 10.4. The topological polar surface area (TPSA) is 63.3 Å². The standard InChI is InChI=1S/C8H11NO2S.ClH/c1-5-2-3-6(12-5)4-7(9)8(10)11;/h2-3,7H,4,9H2,1H3,(H,10,11);1H. The number of hydrogen-bond acceptors (Lipinski definition) is 3. The first-order valence-corrected chi connectivity index (χ1v) is 4.45. The van der Waals surface area contributed by atoms with E-state index in [4.69, 9.17) is 10.8 Å². The number of aryl methyl sites for hydroxylation is 1. The van der Waals surface area contributed by atoms with Gasteiger partial charge in [-0.25, -0.2) is 0 Å². The van der Waals surface area contributed by atoms with Crippen molar-refractivity contribution in [2.75, 3.05) is 0 Å². The van der Waals surface area contributed by atoms with Gasteiger partial charge in [-0.05, 0) is 19.1 Å². The number of carboxylic acids is 1. The van der Waals surface area contributed by atoms with Crippen LogP contribution in [0.2, 0.25) is 0 Å². The fourth-order valence-corrected chi connectivity index (χ4v) is 1.85. The number of carboxylic acid groups (broad SMARTS) is 1. The highest BCUT2D eigenvalue weighted by Gasteiger charge is 2.12. The van der Waals surface area contributed by atoms with Crippen LogP contribution in [-0.2, 0) is 11.2 Å². The predicted molar refractivity (Wildman–Crippen MR) is 55.6 cm³/mol. The normalized spacial score (nSPS) is 11.8. The van der Waals surface area contributed by atoms with E-state index in [0.29, 0.717) is 6.42 Å². The van der Waals surface area contributed by atoms with Crippen LogP contribution in [-0.4, -0.2) is 17.1 Å². The van der Waals surface area contributed by atoms with Crippen molar-refractivity contribution in [3.8, 4) is 0 Å². The third-order valence-electron chi connectivity index (χ3n) is 1.53. The third kappa shape index (κ3) is 3.76. The molecule has 74 valence electrons. The molecule has 3 N–H and O–H groups in total. The van der Waals surface area contributed by atoms with Gasteiger partial charge < -0.3 is 10.8 Å². The van der Waals surface area contributed by atoms with E-state index in [0.717, 1.165) is 4.88 Å². The number of halogens is 1. The maximum atomic E-state index is 10.4. The molecular formula is C8H12ClNO2S. The summed E-state index contributed by atoms with van der Waals surface area (Å²) in [5, 5.41) is 8.53. The lowest BCUT2D eigenvalue weighted by atomic mass is 10.2. The summed E-state index contributed by atoms with van der Waals surface area (Å²) in [6.07, 6.45) is 0.424. The van der Waals surface area contributed by atoms with Gasteiger partial charge in [0.1, 0.15) is 6.04 Å². The molecule has 0 fully saturated rings. The van der Waals surface area contributed by atoms with Gasteiger partial charge in [-0.2, -0.15) is 0 Å². The van der Waals surface area contributed by atoms with E-state index in [1.807, 2.05) is 19.1 Å². The van der Waals surface area contributed by atoms with Crippen LogP contribution in [0.25, 0.3) is 0 Å². The lowest BCUT2D eigenvalue weighted by Gasteiger charge is -2.02. The number of aliphatic carboxylic acids is 1. The summed E-state index contributed by atoms with van der Waals surface area (Å²) in [5.41, 5.74) is 5.36. The van der Waals surface area contributed by atoms with Gasteiger partial charge in [-0.3, -0.25) is 4.79 Å². The van der Waals surface area contributed by atoms with Crippen LogP contribution in [0.3, 0.4) is 0 Å². The van der Waals surface area contributed by atoms with E-state index in [1.54, 1.807) is 11.3 Å². The monoisotopic (exact) mass is 221 g/mol. The highest BCUT2D eigenvalue weighted by Crippen LogP contribution is 2.16. The number of rotatable bonds is 3. The van der Waals surface area contributed by atoms with Crippen molar-refractivity contribution in [2.45, 2.75) is 19.4 Å². The van der Waals surface area contributed by atoms with Gasteiger partial charge >= 0.3 is 5.97 Å². The van der Waals surface area contributed by atoms with Gasteiger partial charge in [0.15, 0.2) is 0 Å². The summed E-state index contributed by atoms with van der Waals surface area (Å²) in [7, 11) is 0. The fraction of sp³-hybridized carbons (Fsp3) is 0.375. The van der Waals surface area contributed by atoms with Crippen LogP contribution >= 0.6 is 23.7 Å². The van der Waals surface area contributed by atoms with Crippen molar-refractivity contribution < 1.29 is 9.90 Å². The lowest BCUT2D eigenvalue weighted by Crippen LogP contribution is -2.31. The molecule has 0 aliphatic heterocycles. The molecule has 1 atom stereocenters. The van der Waals surface area contributed by atoms with Crippen LogP contribution < -0.4 is 5.73 Å². The molecule has 0 aliphatic carbocycles. The van der Waals surface area contributed by atoms with E-state index < -0.39 is 12.0 Å². The van der Waals surface area contributed by atoms with Crippen molar-refractivity contribution >= 4 is 29.7 Å². The first kappa shape index (κ1) is 12.4. The molecule has 0 radical (unpaired) electrons. The van der Waals surface area contributed by atoms with Crippen LogP contribution in [0.15, 0.2) is 12.1 Å². The van der Waals surface area contributed by atoms with Crippen LogP contribution in [0, 0.1) is 6.92 Å². The van der Waals surface area contributed by atoms with E-state index in [2.05, 4.69) is 0 Å². The van der Waals surface area contributed by atoms with Gasteiger partial charge in [0.25, 0.3) is 0 Å². The molecule has 0 spiro atoms. The van der Waals surface area contributed by atoms with E-state index in [-0.39, 0.29) is 12.4 Å². The smallest absolute Gasteiger partial charge is 0.320 e. The zero-order valence-corrected chi connectivity index (χ0v) is 8.82. The first-order chi connectivity index (χ1) is 5.59. The number of thiophene rings is 1. The van der Waals surface area contributed by atoms with Gasteiger partial charge in [-0.15, -0.1) is 23.7 Å². The Morgan fingerprint density at radius 3 is 2.69 bits per heavy atom. The molecule has 3 nitrogen and oxygen atoms in total.